The molecule has 0 N–H and O–H groups in total. The Kier molecular flexibility index (Phi) is 4.58. The number of methoxy groups -OCH3 is 1. The van der Waals surface area contributed by atoms with Gasteiger partial charge in [-0.15, -0.1) is 0 Å². The first-order valence-corrected chi connectivity index (χ1v) is 7.84. The van der Waals surface area contributed by atoms with Crippen LogP contribution in [0.25, 0.3) is 6.08 Å². The number of carbonyl (C=O) groups excluding carboxylic acids is 3. The molecule has 1 heterocycles. The van der Waals surface area contributed by atoms with Gasteiger partial charge in [0.2, 0.25) is 5.78 Å². The lowest BCUT2D eigenvalue weighted by atomic mass is 10.0. The van der Waals surface area contributed by atoms with Crippen molar-refractivity contribution in [3.8, 4) is 11.5 Å². The predicted octanol–water partition coefficient (Wildman–Crippen LogP) is 3.32. The lowest BCUT2D eigenvalue weighted by molar-refractivity contribution is -0.131. The highest BCUT2D eigenvalue weighted by molar-refractivity contribution is 6.15. The van der Waals surface area contributed by atoms with Gasteiger partial charge in [0.05, 0.1) is 18.2 Å². The van der Waals surface area contributed by atoms with Crippen LogP contribution in [0.3, 0.4) is 0 Å². The van der Waals surface area contributed by atoms with Crippen molar-refractivity contribution in [2.45, 2.75) is 13.8 Å². The smallest absolute Gasteiger partial charge is 0.337 e. The van der Waals surface area contributed by atoms with Crippen molar-refractivity contribution in [2.24, 2.45) is 0 Å². The molecule has 2 aromatic rings. The number of fused-ring (bicyclic) bond motifs is 1. The molecule has 1 aliphatic rings. The Morgan fingerprint density at radius 1 is 1.12 bits per heavy atom. The summed E-state index contributed by atoms with van der Waals surface area (Å²) in [6.07, 6.45) is 1.59. The fourth-order valence-electron chi connectivity index (χ4n) is 2.69. The predicted molar refractivity (Wildman–Crippen MR) is 93.2 cm³/mol. The highest BCUT2D eigenvalue weighted by atomic mass is 16.5. The second kappa shape index (κ2) is 6.84. The topological polar surface area (TPSA) is 78.9 Å². The minimum Gasteiger partial charge on any atom is -0.465 e. The number of allylic oxidation sites excluding steroid dienone is 1. The fourth-order valence-corrected chi connectivity index (χ4v) is 2.69. The summed E-state index contributed by atoms with van der Waals surface area (Å²) in [5.41, 5.74) is 2.22. The van der Waals surface area contributed by atoms with E-state index in [0.29, 0.717) is 33.8 Å². The largest absolute Gasteiger partial charge is 0.465 e. The molecule has 0 saturated carbocycles. The van der Waals surface area contributed by atoms with E-state index in [-0.39, 0.29) is 11.5 Å². The number of hydrogen-bond donors (Lipinski definition) is 0. The second-order valence-corrected chi connectivity index (χ2v) is 5.76. The molecular weight excluding hydrogens is 336 g/mol. The quantitative estimate of drug-likeness (QED) is 0.479. The Morgan fingerprint density at radius 3 is 2.42 bits per heavy atom. The lowest BCUT2D eigenvalue weighted by Gasteiger charge is -2.05. The van der Waals surface area contributed by atoms with Gasteiger partial charge in [-0.2, -0.15) is 0 Å². The average molecular weight is 352 g/mol. The number of esters is 2. The minimum absolute atomic E-state index is 0.161. The monoisotopic (exact) mass is 352 g/mol. The van der Waals surface area contributed by atoms with E-state index in [9.17, 15) is 14.4 Å². The van der Waals surface area contributed by atoms with E-state index in [1.54, 1.807) is 43.3 Å². The van der Waals surface area contributed by atoms with Crippen LogP contribution in [0.5, 0.6) is 11.5 Å². The number of benzene rings is 2. The molecular formula is C20H16O6. The SMILES string of the molecule is COC(=O)c1ccc(/C=C2\Oc3cc(OC(C)=O)cc(C)c3C2=O)cc1. The first kappa shape index (κ1) is 17.4. The van der Waals surface area contributed by atoms with Gasteiger partial charge in [0.25, 0.3) is 0 Å². The molecule has 132 valence electrons. The summed E-state index contributed by atoms with van der Waals surface area (Å²) >= 11 is 0. The van der Waals surface area contributed by atoms with Crippen LogP contribution >= 0.6 is 0 Å². The van der Waals surface area contributed by atoms with Crippen molar-refractivity contribution in [1.82, 2.24) is 0 Å². The Balaban J connectivity index is 1.89. The van der Waals surface area contributed by atoms with Gasteiger partial charge in [-0.25, -0.2) is 4.79 Å². The van der Waals surface area contributed by atoms with Crippen LogP contribution in [-0.4, -0.2) is 24.8 Å². The van der Waals surface area contributed by atoms with Crippen LogP contribution in [0.4, 0.5) is 0 Å². The Labute approximate surface area is 150 Å². The Hall–Kier alpha value is -3.41. The summed E-state index contributed by atoms with van der Waals surface area (Å²) in [6, 6.07) is 9.73. The molecule has 0 aromatic heterocycles. The molecule has 0 bridgehead atoms. The van der Waals surface area contributed by atoms with Crippen LogP contribution in [0.15, 0.2) is 42.2 Å². The Bertz CT molecular complexity index is 938. The molecule has 0 atom stereocenters. The standard InChI is InChI=1S/C20H16O6/c1-11-8-15(25-12(2)21)10-16-18(11)19(22)17(26-16)9-13-4-6-14(7-5-13)20(23)24-3/h4-10H,1-3H3/b17-9-. The maximum absolute atomic E-state index is 12.6. The van der Waals surface area contributed by atoms with E-state index >= 15 is 0 Å². The van der Waals surface area contributed by atoms with Crippen molar-refractivity contribution in [2.75, 3.05) is 7.11 Å². The molecule has 0 saturated heterocycles. The summed E-state index contributed by atoms with van der Waals surface area (Å²) in [5, 5.41) is 0. The number of ether oxygens (including phenoxy) is 3. The molecule has 6 nitrogen and oxygen atoms in total. The highest BCUT2D eigenvalue weighted by Gasteiger charge is 2.30. The van der Waals surface area contributed by atoms with Crippen LogP contribution < -0.4 is 9.47 Å². The first-order valence-electron chi connectivity index (χ1n) is 7.84. The van der Waals surface area contributed by atoms with Crippen molar-refractivity contribution >= 4 is 23.8 Å². The summed E-state index contributed by atoms with van der Waals surface area (Å²) in [7, 11) is 1.31. The van der Waals surface area contributed by atoms with Gasteiger partial charge in [0, 0.05) is 13.0 Å². The third kappa shape index (κ3) is 3.35. The van der Waals surface area contributed by atoms with Gasteiger partial charge in [0.15, 0.2) is 5.76 Å². The molecule has 6 heteroatoms. The van der Waals surface area contributed by atoms with E-state index in [1.165, 1.54) is 20.1 Å². The number of aryl methyl sites for hydroxylation is 1. The van der Waals surface area contributed by atoms with Gasteiger partial charge in [0.1, 0.15) is 11.5 Å². The van der Waals surface area contributed by atoms with Gasteiger partial charge < -0.3 is 14.2 Å². The molecule has 0 unspecified atom stereocenters. The van der Waals surface area contributed by atoms with Gasteiger partial charge in [-0.3, -0.25) is 9.59 Å². The van der Waals surface area contributed by atoms with Crippen LogP contribution in [0.1, 0.15) is 38.8 Å². The van der Waals surface area contributed by atoms with E-state index < -0.39 is 11.9 Å². The third-order valence-electron chi connectivity index (χ3n) is 3.83. The summed E-state index contributed by atoms with van der Waals surface area (Å²) in [6.45, 7) is 3.05. The van der Waals surface area contributed by atoms with Crippen molar-refractivity contribution in [3.05, 3.63) is 64.4 Å². The normalized spacial score (nSPS) is 14.0. The van der Waals surface area contributed by atoms with Gasteiger partial charge in [-0.1, -0.05) is 12.1 Å². The number of rotatable bonds is 3. The summed E-state index contributed by atoms with van der Waals surface area (Å²) in [4.78, 5) is 35.2. The zero-order valence-electron chi connectivity index (χ0n) is 14.5. The molecule has 26 heavy (non-hydrogen) atoms. The average Bonchev–Trinajstić information content (AvgIpc) is 2.90. The lowest BCUT2D eigenvalue weighted by Crippen LogP contribution is -2.02. The summed E-state index contributed by atoms with van der Waals surface area (Å²) < 4.78 is 15.4. The third-order valence-corrected chi connectivity index (χ3v) is 3.83. The van der Waals surface area contributed by atoms with Gasteiger partial charge >= 0.3 is 11.9 Å². The van der Waals surface area contributed by atoms with E-state index in [1.807, 2.05) is 0 Å². The van der Waals surface area contributed by atoms with Crippen molar-refractivity contribution < 1.29 is 28.6 Å². The molecule has 0 radical (unpaired) electrons. The van der Waals surface area contributed by atoms with Crippen LogP contribution in [0, 0.1) is 6.92 Å². The Morgan fingerprint density at radius 2 is 1.81 bits per heavy atom. The van der Waals surface area contributed by atoms with Gasteiger partial charge in [-0.05, 0) is 42.3 Å². The molecule has 2 aromatic carbocycles. The molecule has 0 aliphatic carbocycles. The van der Waals surface area contributed by atoms with E-state index in [4.69, 9.17) is 9.47 Å². The molecule has 1 aliphatic heterocycles. The van der Waals surface area contributed by atoms with Crippen molar-refractivity contribution in [1.29, 1.82) is 0 Å². The molecule has 0 amide bonds. The van der Waals surface area contributed by atoms with Crippen molar-refractivity contribution in [3.63, 3.8) is 0 Å². The van der Waals surface area contributed by atoms with Crippen LogP contribution in [0.2, 0.25) is 0 Å². The van der Waals surface area contributed by atoms with E-state index in [2.05, 4.69) is 4.74 Å². The fraction of sp³-hybridized carbons (Fsp3) is 0.150. The maximum atomic E-state index is 12.6. The second-order valence-electron chi connectivity index (χ2n) is 5.76. The molecule has 0 fully saturated rings. The zero-order chi connectivity index (χ0) is 18.8. The van der Waals surface area contributed by atoms with Crippen LogP contribution in [-0.2, 0) is 9.53 Å². The number of Topliss-reactive ketones (excluding diaryl/α,β-unsaturated/α-hetero) is 1. The first-order chi connectivity index (χ1) is 12.4. The number of ketones is 1. The molecule has 0 spiro atoms. The summed E-state index contributed by atoms with van der Waals surface area (Å²) in [5.74, 6) is -0.291. The number of carbonyl (C=O) groups is 3. The maximum Gasteiger partial charge on any atom is 0.337 e. The number of hydrogen-bond acceptors (Lipinski definition) is 6. The highest BCUT2D eigenvalue weighted by Crippen LogP contribution is 2.37. The van der Waals surface area contributed by atoms with E-state index in [0.717, 1.165) is 0 Å². The molecule has 3 rings (SSSR count). The minimum atomic E-state index is -0.449. The zero-order valence-corrected chi connectivity index (χ0v) is 14.5.